The van der Waals surface area contributed by atoms with E-state index in [0.717, 1.165) is 24.4 Å². The maximum Gasteiger partial charge on any atom is 0.271 e. The minimum absolute atomic E-state index is 0.248. The molecule has 0 unspecified atom stereocenters. The highest BCUT2D eigenvalue weighted by molar-refractivity contribution is 7.99. The molecule has 2 aromatic rings. The molecule has 0 aliphatic carbocycles. The number of carbonyl (C=O) groups excluding carboxylic acids is 1. The summed E-state index contributed by atoms with van der Waals surface area (Å²) in [5, 5.41) is 13.4. The molecule has 23 heavy (non-hydrogen) atoms. The molecule has 8 nitrogen and oxygen atoms in total. The average molecular weight is 336 g/mol. The normalized spacial score (nSPS) is 12.7. The Hall–Kier alpha value is -2.75. The minimum Gasteiger partial charge on any atom is -0.319 e. The summed E-state index contributed by atoms with van der Waals surface area (Å²) >= 11 is 1.40. The van der Waals surface area contributed by atoms with Crippen LogP contribution in [0.3, 0.4) is 0 Å². The number of hydrogen-bond acceptors (Lipinski definition) is 6. The van der Waals surface area contributed by atoms with E-state index in [1.54, 1.807) is 0 Å². The molecule has 0 bridgehead atoms. The zero-order valence-electron chi connectivity index (χ0n) is 11.5. The topological polar surface area (TPSA) is 107 Å². The second-order valence-electron chi connectivity index (χ2n) is 4.64. The van der Waals surface area contributed by atoms with Gasteiger partial charge in [-0.05, 0) is 6.07 Å². The van der Waals surface area contributed by atoms with Gasteiger partial charge in [-0.25, -0.2) is 9.37 Å². The third-order valence-electron chi connectivity index (χ3n) is 3.21. The predicted molar refractivity (Wildman–Crippen MR) is 80.2 cm³/mol. The largest absolute Gasteiger partial charge is 0.319 e. The highest BCUT2D eigenvalue weighted by Gasteiger charge is 2.21. The van der Waals surface area contributed by atoms with E-state index in [1.165, 1.54) is 16.3 Å². The van der Waals surface area contributed by atoms with Gasteiger partial charge < -0.3 is 5.32 Å². The number of benzene rings is 1. The Labute approximate surface area is 132 Å². The van der Waals surface area contributed by atoms with Crippen molar-refractivity contribution in [3.8, 4) is 0 Å². The number of carbonyl (C=O) groups is 1. The van der Waals surface area contributed by atoms with E-state index in [-0.39, 0.29) is 16.9 Å². The van der Waals surface area contributed by atoms with Gasteiger partial charge in [-0.2, -0.15) is 0 Å². The molecule has 0 spiro atoms. The second kappa shape index (κ2) is 5.80. The molecule has 3 rings (SSSR count). The zero-order valence-corrected chi connectivity index (χ0v) is 12.3. The van der Waals surface area contributed by atoms with Gasteiger partial charge >= 0.3 is 0 Å². The van der Waals surface area contributed by atoms with E-state index >= 15 is 0 Å². The lowest BCUT2D eigenvalue weighted by Crippen LogP contribution is -2.29. The zero-order chi connectivity index (χ0) is 16.6. The van der Waals surface area contributed by atoms with Crippen LogP contribution in [0.5, 0.6) is 0 Å². The molecule has 2 heterocycles. The first-order valence-electron chi connectivity index (χ1n) is 6.45. The van der Waals surface area contributed by atoms with Crippen molar-refractivity contribution in [3.05, 3.63) is 56.2 Å². The van der Waals surface area contributed by atoms with Crippen molar-refractivity contribution in [2.45, 2.75) is 11.7 Å². The highest BCUT2D eigenvalue weighted by Crippen LogP contribution is 2.23. The lowest BCUT2D eigenvalue weighted by molar-refractivity contribution is -0.384. The molecule has 1 aromatic carbocycles. The quantitative estimate of drug-likeness (QED) is 0.519. The van der Waals surface area contributed by atoms with Crippen molar-refractivity contribution in [1.29, 1.82) is 0 Å². The summed E-state index contributed by atoms with van der Waals surface area (Å²) < 4.78 is 15.1. The lowest BCUT2D eigenvalue weighted by atomic mass is 10.2. The van der Waals surface area contributed by atoms with Crippen LogP contribution in [0.1, 0.15) is 10.4 Å². The molecular weight excluding hydrogens is 327 g/mol. The Bertz CT molecular complexity index is 883. The van der Waals surface area contributed by atoms with Crippen LogP contribution in [0.25, 0.3) is 0 Å². The van der Waals surface area contributed by atoms with Gasteiger partial charge in [0.1, 0.15) is 11.4 Å². The molecule has 1 aromatic heterocycles. The van der Waals surface area contributed by atoms with Crippen molar-refractivity contribution in [1.82, 2.24) is 9.55 Å². The molecule has 1 aliphatic heterocycles. The van der Waals surface area contributed by atoms with Gasteiger partial charge in [-0.15, -0.1) is 0 Å². The van der Waals surface area contributed by atoms with Crippen molar-refractivity contribution < 1.29 is 14.1 Å². The molecule has 0 radical (unpaired) electrons. The van der Waals surface area contributed by atoms with Crippen LogP contribution >= 0.6 is 11.8 Å². The minimum atomic E-state index is -0.867. The van der Waals surface area contributed by atoms with Crippen LogP contribution < -0.4 is 10.9 Å². The molecule has 10 heteroatoms. The maximum atomic E-state index is 13.7. The van der Waals surface area contributed by atoms with Gasteiger partial charge in [0.15, 0.2) is 5.16 Å². The second-order valence-corrected chi connectivity index (χ2v) is 5.70. The molecule has 118 valence electrons. The van der Waals surface area contributed by atoms with Crippen LogP contribution in [-0.4, -0.2) is 26.1 Å². The number of rotatable bonds is 3. The molecule has 0 saturated heterocycles. The van der Waals surface area contributed by atoms with E-state index in [4.69, 9.17) is 0 Å². The highest BCUT2D eigenvalue weighted by atomic mass is 32.2. The average Bonchev–Trinajstić information content (AvgIpc) is 2.99. The maximum absolute atomic E-state index is 13.7. The number of hydrogen-bond donors (Lipinski definition) is 1. The number of nitro benzene ring substituents is 1. The summed E-state index contributed by atoms with van der Waals surface area (Å²) in [6.45, 7) is 0.443. The third kappa shape index (κ3) is 2.80. The lowest BCUT2D eigenvalue weighted by Gasteiger charge is -2.07. The first kappa shape index (κ1) is 15.2. The number of halogens is 1. The van der Waals surface area contributed by atoms with E-state index in [1.807, 2.05) is 0 Å². The summed E-state index contributed by atoms with van der Waals surface area (Å²) in [7, 11) is 0. The Morgan fingerprint density at radius 3 is 3.00 bits per heavy atom. The monoisotopic (exact) mass is 336 g/mol. The molecule has 1 N–H and O–H groups in total. The van der Waals surface area contributed by atoms with Crippen LogP contribution in [0.2, 0.25) is 0 Å². The van der Waals surface area contributed by atoms with Gasteiger partial charge in [0.2, 0.25) is 0 Å². The van der Waals surface area contributed by atoms with Gasteiger partial charge in [-0.3, -0.25) is 24.3 Å². The number of non-ortho nitro benzene ring substituents is 1. The van der Waals surface area contributed by atoms with Gasteiger partial charge in [0, 0.05) is 30.6 Å². The van der Waals surface area contributed by atoms with E-state index in [2.05, 4.69) is 10.3 Å². The Morgan fingerprint density at radius 2 is 2.26 bits per heavy atom. The molecule has 1 amide bonds. The first-order chi connectivity index (χ1) is 11.0. The number of fused-ring (bicyclic) bond motifs is 1. The Kier molecular flexibility index (Phi) is 3.82. The van der Waals surface area contributed by atoms with Crippen LogP contribution in [0, 0.1) is 15.9 Å². The molecule has 1 aliphatic rings. The number of aromatic nitrogens is 2. The van der Waals surface area contributed by atoms with Crippen molar-refractivity contribution in [2.24, 2.45) is 0 Å². The summed E-state index contributed by atoms with van der Waals surface area (Å²) in [4.78, 5) is 38.4. The van der Waals surface area contributed by atoms with Gasteiger partial charge in [0.25, 0.3) is 17.2 Å². The molecule has 0 atom stereocenters. The van der Waals surface area contributed by atoms with Crippen molar-refractivity contribution >= 4 is 29.0 Å². The number of thioether (sulfide) groups is 1. The van der Waals surface area contributed by atoms with E-state index in [0.29, 0.717) is 17.5 Å². The first-order valence-corrected chi connectivity index (χ1v) is 7.44. The van der Waals surface area contributed by atoms with Crippen molar-refractivity contribution in [2.75, 3.05) is 11.1 Å². The van der Waals surface area contributed by atoms with Gasteiger partial charge in [-0.1, -0.05) is 11.8 Å². The predicted octanol–water partition coefficient (Wildman–Crippen LogP) is 1.65. The Morgan fingerprint density at radius 1 is 1.48 bits per heavy atom. The summed E-state index contributed by atoms with van der Waals surface area (Å²) in [6.07, 6.45) is 1.12. The fraction of sp³-hybridized carbons (Fsp3) is 0.154. The molecule has 0 saturated carbocycles. The number of anilines is 1. The number of nitro groups is 1. The summed E-state index contributed by atoms with van der Waals surface area (Å²) in [5.74, 6) is -1.02. The number of amides is 1. The van der Waals surface area contributed by atoms with E-state index in [9.17, 15) is 24.1 Å². The van der Waals surface area contributed by atoms with E-state index < -0.39 is 22.2 Å². The fourth-order valence-electron chi connectivity index (χ4n) is 2.09. The van der Waals surface area contributed by atoms with Gasteiger partial charge in [0.05, 0.1) is 10.6 Å². The smallest absolute Gasteiger partial charge is 0.271 e. The fourth-order valence-corrected chi connectivity index (χ4v) is 3.00. The number of nitrogens with one attached hydrogen (secondary N) is 1. The Balaban J connectivity index is 1.93. The third-order valence-corrected chi connectivity index (χ3v) is 4.18. The van der Waals surface area contributed by atoms with Crippen molar-refractivity contribution in [3.63, 3.8) is 0 Å². The molecule has 0 fully saturated rings. The van der Waals surface area contributed by atoms with Crippen LogP contribution in [-0.2, 0) is 6.54 Å². The SMILES string of the molecule is O=C(Nc1cc([N+](=O)[O-])ccc1F)c1cnc2n(c1=O)CCS2. The van der Waals surface area contributed by atoms with Crippen LogP contribution in [0.15, 0.2) is 34.3 Å². The number of nitrogens with zero attached hydrogens (tertiary/aromatic N) is 3. The summed E-state index contributed by atoms with van der Waals surface area (Å²) in [5.41, 5.74) is -1.52. The summed E-state index contributed by atoms with van der Waals surface area (Å²) in [6, 6.07) is 2.74. The standard InChI is InChI=1S/C13H9FN4O4S/c14-9-2-1-7(18(21)22)5-10(9)16-11(19)8-6-15-13-17(12(8)20)3-4-23-13/h1-2,5-6H,3-4H2,(H,16,19). The molecular formula is C13H9FN4O4S. The van der Waals surface area contributed by atoms with Crippen LogP contribution in [0.4, 0.5) is 15.8 Å².